The summed E-state index contributed by atoms with van der Waals surface area (Å²) in [6.45, 7) is 0.252. The van der Waals surface area contributed by atoms with E-state index in [4.69, 9.17) is 0 Å². The number of likely N-dealkylation sites (N-methyl/N-ethyl adjacent to an activating group) is 1. The molecule has 8 nitrogen and oxygen atoms in total. The standard InChI is InChI=1S/C7H14N2O6/c1-9(2,3)5-6(4-7(10)11)14-15-8(12)13/h6H,4-5H2,1-3H3. The molecule has 0 aliphatic heterocycles. The van der Waals surface area contributed by atoms with Crippen LogP contribution in [-0.4, -0.2) is 49.3 Å². The van der Waals surface area contributed by atoms with Crippen LogP contribution < -0.4 is 5.11 Å². The first-order valence-corrected chi connectivity index (χ1v) is 4.19. The van der Waals surface area contributed by atoms with Gasteiger partial charge in [0.1, 0.15) is 12.6 Å². The Labute approximate surface area is 86.6 Å². The minimum atomic E-state index is -1.35. The summed E-state index contributed by atoms with van der Waals surface area (Å²) in [5, 5.41) is 19.0. The first kappa shape index (κ1) is 13.6. The molecule has 0 rings (SSSR count). The zero-order chi connectivity index (χ0) is 12.1. The van der Waals surface area contributed by atoms with Crippen LogP contribution in [0.2, 0.25) is 0 Å². The lowest BCUT2D eigenvalue weighted by Gasteiger charge is -2.28. The average molecular weight is 222 g/mol. The lowest BCUT2D eigenvalue weighted by Crippen LogP contribution is -2.44. The maximum Gasteiger partial charge on any atom is 0.322 e. The molecule has 0 radical (unpaired) electrons. The molecule has 0 fully saturated rings. The molecule has 88 valence electrons. The summed E-state index contributed by atoms with van der Waals surface area (Å²) in [7, 11) is 5.37. The smallest absolute Gasteiger partial charge is 0.322 e. The van der Waals surface area contributed by atoms with Crippen molar-refractivity contribution >= 4 is 5.97 Å². The first-order valence-electron chi connectivity index (χ1n) is 4.19. The van der Waals surface area contributed by atoms with Gasteiger partial charge in [0.2, 0.25) is 0 Å². The number of rotatable bonds is 7. The summed E-state index contributed by atoms with van der Waals surface area (Å²) in [6.07, 6.45) is -1.37. The van der Waals surface area contributed by atoms with Gasteiger partial charge in [0, 0.05) is 12.4 Å². The fourth-order valence-corrected chi connectivity index (χ4v) is 1.02. The van der Waals surface area contributed by atoms with E-state index in [1.54, 1.807) is 21.1 Å². The Morgan fingerprint density at radius 3 is 2.33 bits per heavy atom. The second-order valence-electron chi connectivity index (χ2n) is 4.07. The highest BCUT2D eigenvalue weighted by Crippen LogP contribution is 2.04. The summed E-state index contributed by atoms with van der Waals surface area (Å²) in [6, 6.07) is 0. The Bertz CT molecular complexity index is 236. The maximum atomic E-state index is 10.3. The molecular weight excluding hydrogens is 208 g/mol. The van der Waals surface area contributed by atoms with Gasteiger partial charge in [-0.1, -0.05) is 0 Å². The van der Waals surface area contributed by atoms with Crippen molar-refractivity contribution in [2.75, 3.05) is 27.7 Å². The van der Waals surface area contributed by atoms with Gasteiger partial charge in [0.05, 0.1) is 21.1 Å². The summed E-state index contributed by atoms with van der Waals surface area (Å²) >= 11 is 0. The Kier molecular flexibility index (Phi) is 4.95. The van der Waals surface area contributed by atoms with Crippen molar-refractivity contribution < 1.29 is 29.3 Å². The van der Waals surface area contributed by atoms with E-state index in [0.717, 1.165) is 0 Å². The van der Waals surface area contributed by atoms with Crippen LogP contribution in [0.15, 0.2) is 0 Å². The molecule has 1 unspecified atom stereocenters. The maximum absolute atomic E-state index is 10.3. The average Bonchev–Trinajstić information content (AvgIpc) is 1.95. The van der Waals surface area contributed by atoms with Gasteiger partial charge in [0.15, 0.2) is 0 Å². The van der Waals surface area contributed by atoms with Crippen LogP contribution in [0.25, 0.3) is 0 Å². The molecule has 0 aromatic heterocycles. The third-order valence-corrected chi connectivity index (χ3v) is 1.39. The molecule has 0 aliphatic rings. The Hall–Kier alpha value is -1.41. The molecule has 15 heavy (non-hydrogen) atoms. The molecule has 0 saturated heterocycles. The number of aliphatic carboxylic acids is 1. The van der Waals surface area contributed by atoms with Gasteiger partial charge < -0.3 is 14.4 Å². The van der Waals surface area contributed by atoms with Crippen LogP contribution in [0.3, 0.4) is 0 Å². The monoisotopic (exact) mass is 222 g/mol. The molecule has 1 atom stereocenters. The molecule has 0 saturated carbocycles. The Morgan fingerprint density at radius 2 is 2.00 bits per heavy atom. The summed E-state index contributed by atoms with van der Waals surface area (Å²) in [4.78, 5) is 28.2. The van der Waals surface area contributed by atoms with Crippen LogP contribution in [0.4, 0.5) is 0 Å². The van der Waals surface area contributed by atoms with E-state index in [0.29, 0.717) is 4.48 Å². The second-order valence-corrected chi connectivity index (χ2v) is 4.07. The summed E-state index contributed by atoms with van der Waals surface area (Å²) in [5.41, 5.74) is 0. The van der Waals surface area contributed by atoms with E-state index < -0.39 is 23.6 Å². The van der Waals surface area contributed by atoms with Crippen LogP contribution in [0, 0.1) is 10.1 Å². The highest BCUT2D eigenvalue weighted by Gasteiger charge is 2.21. The third kappa shape index (κ3) is 8.91. The van der Waals surface area contributed by atoms with Crippen molar-refractivity contribution in [3.05, 3.63) is 10.1 Å². The van der Waals surface area contributed by atoms with Gasteiger partial charge >= 0.3 is 5.09 Å². The van der Waals surface area contributed by atoms with Gasteiger partial charge in [0.25, 0.3) is 0 Å². The highest BCUT2D eigenvalue weighted by atomic mass is 17.3. The van der Waals surface area contributed by atoms with Crippen molar-refractivity contribution in [3.8, 4) is 0 Å². The lowest BCUT2D eigenvalue weighted by atomic mass is 10.2. The Balaban J connectivity index is 4.18. The molecule has 0 amide bonds. The van der Waals surface area contributed by atoms with Crippen LogP contribution in [0.5, 0.6) is 0 Å². The fraction of sp³-hybridized carbons (Fsp3) is 0.857. The molecule has 0 heterocycles. The molecule has 0 N–H and O–H groups in total. The zero-order valence-electron chi connectivity index (χ0n) is 8.84. The van der Waals surface area contributed by atoms with Crippen LogP contribution >= 0.6 is 0 Å². The topological polar surface area (TPSA) is 102 Å². The molecule has 0 spiro atoms. The molecule has 8 heteroatoms. The van der Waals surface area contributed by atoms with E-state index in [9.17, 15) is 20.0 Å². The number of nitrogens with zero attached hydrogens (tertiary/aromatic N) is 2. The number of hydrogen-bond donors (Lipinski definition) is 0. The minimum Gasteiger partial charge on any atom is -0.550 e. The van der Waals surface area contributed by atoms with Gasteiger partial charge in [-0.25, -0.2) is 0 Å². The van der Waals surface area contributed by atoms with E-state index in [2.05, 4.69) is 9.88 Å². The number of hydrogen-bond acceptors (Lipinski definition) is 6. The number of quaternary nitrogens is 1. The van der Waals surface area contributed by atoms with Gasteiger partial charge in [-0.3, -0.25) is 0 Å². The molecule has 0 aromatic rings. The van der Waals surface area contributed by atoms with Crippen molar-refractivity contribution in [1.29, 1.82) is 0 Å². The SMILES string of the molecule is C[N+](C)(C)CC(CC(=O)[O-])OO[N+](=O)[O-]. The van der Waals surface area contributed by atoms with Crippen LogP contribution in [-0.2, 0) is 14.7 Å². The van der Waals surface area contributed by atoms with Crippen molar-refractivity contribution in [1.82, 2.24) is 0 Å². The highest BCUT2D eigenvalue weighted by molar-refractivity contribution is 5.64. The number of carboxylic acid groups (broad SMARTS) is 1. The Morgan fingerprint density at radius 1 is 1.47 bits per heavy atom. The zero-order valence-corrected chi connectivity index (χ0v) is 8.84. The molecular formula is C7H14N2O6. The van der Waals surface area contributed by atoms with Gasteiger partial charge in [-0.15, -0.1) is 15.1 Å². The number of carboxylic acids is 1. The second kappa shape index (κ2) is 5.47. The molecule has 0 aromatic carbocycles. The normalized spacial score (nSPS) is 13.3. The fourth-order valence-electron chi connectivity index (χ4n) is 1.02. The minimum absolute atomic E-state index is 0.252. The summed E-state index contributed by atoms with van der Waals surface area (Å²) < 4.78 is 0.388. The number of carbonyl (C=O) groups is 1. The van der Waals surface area contributed by atoms with E-state index in [1.807, 2.05) is 0 Å². The van der Waals surface area contributed by atoms with Crippen molar-refractivity contribution in [3.63, 3.8) is 0 Å². The lowest BCUT2D eigenvalue weighted by molar-refractivity contribution is -0.891. The van der Waals surface area contributed by atoms with E-state index in [-0.39, 0.29) is 6.54 Å². The quantitative estimate of drug-likeness (QED) is 0.221. The van der Waals surface area contributed by atoms with E-state index in [1.165, 1.54) is 0 Å². The van der Waals surface area contributed by atoms with E-state index >= 15 is 0 Å². The van der Waals surface area contributed by atoms with Crippen LogP contribution in [0.1, 0.15) is 6.42 Å². The first-order chi connectivity index (χ1) is 6.70. The predicted octanol–water partition coefficient (Wildman–Crippen LogP) is -1.66. The summed E-state index contributed by atoms with van der Waals surface area (Å²) in [5.74, 6) is -1.35. The third-order valence-electron chi connectivity index (χ3n) is 1.39. The van der Waals surface area contributed by atoms with Gasteiger partial charge in [-0.2, -0.15) is 4.89 Å². The van der Waals surface area contributed by atoms with Crippen molar-refractivity contribution in [2.45, 2.75) is 12.5 Å². The van der Waals surface area contributed by atoms with Crippen molar-refractivity contribution in [2.24, 2.45) is 0 Å². The predicted molar refractivity (Wildman–Crippen MR) is 45.5 cm³/mol. The van der Waals surface area contributed by atoms with Gasteiger partial charge in [-0.05, 0) is 0 Å². The number of carbonyl (C=O) groups excluding carboxylic acids is 1. The molecule has 0 bridgehead atoms. The molecule has 0 aliphatic carbocycles. The largest absolute Gasteiger partial charge is 0.550 e.